The van der Waals surface area contributed by atoms with Crippen LogP contribution in [-0.4, -0.2) is 21.7 Å². The molecule has 0 saturated carbocycles. The van der Waals surface area contributed by atoms with Gasteiger partial charge >= 0.3 is 72.7 Å². The van der Waals surface area contributed by atoms with E-state index >= 15 is 0 Å². The molecule has 3 heteroatoms. The molecule has 11 heavy (non-hydrogen) atoms. The second-order valence-electron chi connectivity index (χ2n) is 2.23. The predicted octanol–water partition coefficient (Wildman–Crippen LogP) is -1.04. The summed E-state index contributed by atoms with van der Waals surface area (Å²) in [5.41, 5.74) is 1.22. The zero-order valence-electron chi connectivity index (χ0n) is 6.19. The van der Waals surface area contributed by atoms with Crippen molar-refractivity contribution in [1.82, 2.24) is 0 Å². The van der Waals surface area contributed by atoms with Crippen LogP contribution < -0.4 is 12.4 Å². The van der Waals surface area contributed by atoms with E-state index in [4.69, 9.17) is 0 Å². The molecular formula is C8H8ClFMg. The molecule has 0 aliphatic rings. The number of hydrogen-bond acceptors (Lipinski definition) is 0. The van der Waals surface area contributed by atoms with Crippen molar-refractivity contribution < 1.29 is 16.8 Å². The van der Waals surface area contributed by atoms with Gasteiger partial charge in [-0.1, -0.05) is 0 Å². The smallest absolute Gasteiger partial charge is 1.00 e. The number of benzene rings is 1. The summed E-state index contributed by atoms with van der Waals surface area (Å²) in [6.07, 6.45) is 1.05. The molecule has 0 N–H and O–H groups in total. The first-order valence-electron chi connectivity index (χ1n) is 3.36. The minimum atomic E-state index is -0.151. The zero-order chi connectivity index (χ0) is 7.40. The van der Waals surface area contributed by atoms with Crippen molar-refractivity contribution in [2.45, 2.75) is 11.0 Å². The quantitative estimate of drug-likeness (QED) is 0.513. The van der Waals surface area contributed by atoms with Crippen LogP contribution in [0, 0.1) is 5.82 Å². The van der Waals surface area contributed by atoms with E-state index in [1.807, 2.05) is 33.8 Å². The molecule has 0 nitrogen and oxygen atoms in total. The van der Waals surface area contributed by atoms with Gasteiger partial charge in [-0.3, -0.25) is 0 Å². The van der Waals surface area contributed by atoms with E-state index in [1.165, 1.54) is 17.7 Å². The molecule has 1 aromatic rings. The van der Waals surface area contributed by atoms with Gasteiger partial charge in [-0.15, -0.1) is 0 Å². The molecule has 0 bridgehead atoms. The van der Waals surface area contributed by atoms with E-state index in [0.717, 1.165) is 11.0 Å². The fraction of sp³-hybridized carbons (Fsp3) is 0.250. The van der Waals surface area contributed by atoms with Gasteiger partial charge in [0.05, 0.1) is 0 Å². The summed E-state index contributed by atoms with van der Waals surface area (Å²) in [4.78, 5) is 0. The molecule has 0 radical (unpaired) electrons. The molecule has 0 aliphatic heterocycles. The van der Waals surface area contributed by atoms with Crippen LogP contribution in [0.2, 0.25) is 4.55 Å². The van der Waals surface area contributed by atoms with Gasteiger partial charge in [-0.25, -0.2) is 0 Å². The molecular weight excluding hydrogens is 175 g/mol. The van der Waals surface area contributed by atoms with E-state index < -0.39 is 0 Å². The third-order valence-electron chi connectivity index (χ3n) is 1.38. The molecule has 0 atom stereocenters. The zero-order valence-corrected chi connectivity index (χ0v) is 8.36. The van der Waals surface area contributed by atoms with Crippen LogP contribution in [0.1, 0.15) is 5.56 Å². The summed E-state index contributed by atoms with van der Waals surface area (Å²) in [5.74, 6) is -0.151. The Bertz CT molecular complexity index is 198. The van der Waals surface area contributed by atoms with Crippen LogP contribution in [0.3, 0.4) is 0 Å². The SMILES string of the molecule is Fc1ccc(C[CH2][Mg+])cc1.[Cl-]. The maximum atomic E-state index is 12.3. The Morgan fingerprint density at radius 3 is 2.18 bits per heavy atom. The molecule has 56 valence electrons. The van der Waals surface area contributed by atoms with Crippen LogP contribution >= 0.6 is 0 Å². The van der Waals surface area contributed by atoms with E-state index in [2.05, 4.69) is 0 Å². The second kappa shape index (κ2) is 5.81. The molecule has 1 aromatic carbocycles. The van der Waals surface area contributed by atoms with E-state index in [0.29, 0.717) is 0 Å². The molecule has 0 fully saturated rings. The van der Waals surface area contributed by atoms with Crippen molar-refractivity contribution in [1.29, 1.82) is 0 Å². The van der Waals surface area contributed by atoms with Gasteiger partial charge in [0.1, 0.15) is 0 Å². The predicted molar refractivity (Wildman–Crippen MR) is 40.7 cm³/mol. The standard InChI is InChI=1S/C8H8F.ClH.Mg/c1-2-7-3-5-8(9)6-4-7;;/h3-6H,1-2H2;1H;/q;;+1/p-1. The molecule has 0 aromatic heterocycles. The Labute approximate surface area is 85.0 Å². The van der Waals surface area contributed by atoms with Gasteiger partial charge in [0.25, 0.3) is 0 Å². The van der Waals surface area contributed by atoms with E-state index in [1.54, 1.807) is 0 Å². The fourth-order valence-corrected chi connectivity index (χ4v) is 1.26. The van der Waals surface area contributed by atoms with Crippen molar-refractivity contribution >= 4 is 21.7 Å². The summed E-state index contributed by atoms with van der Waals surface area (Å²) >= 11 is 1.94. The number of hydrogen-bond donors (Lipinski definition) is 0. The first-order valence-corrected chi connectivity index (χ1v) is 4.36. The average molecular weight is 183 g/mol. The first-order chi connectivity index (χ1) is 4.83. The normalized spacial score (nSPS) is 9.00. The third kappa shape index (κ3) is 3.94. The monoisotopic (exact) mass is 182 g/mol. The Morgan fingerprint density at radius 1 is 1.18 bits per heavy atom. The molecule has 1 rings (SSSR count). The Morgan fingerprint density at radius 2 is 1.73 bits per heavy atom. The van der Waals surface area contributed by atoms with Gasteiger partial charge in [0.15, 0.2) is 0 Å². The van der Waals surface area contributed by atoms with Crippen molar-refractivity contribution in [2.75, 3.05) is 0 Å². The average Bonchev–Trinajstić information content (AvgIpc) is 1.95. The molecule has 0 amide bonds. The molecule has 0 saturated heterocycles. The fourth-order valence-electron chi connectivity index (χ4n) is 0.855. The Balaban J connectivity index is 0.000001000. The van der Waals surface area contributed by atoms with E-state index in [-0.39, 0.29) is 18.2 Å². The van der Waals surface area contributed by atoms with Gasteiger partial charge in [0.2, 0.25) is 0 Å². The number of aryl methyl sites for hydroxylation is 1. The van der Waals surface area contributed by atoms with Crippen LogP contribution in [0.15, 0.2) is 24.3 Å². The number of halogens is 2. The Kier molecular flexibility index (Phi) is 5.91. The van der Waals surface area contributed by atoms with Crippen LogP contribution in [0.5, 0.6) is 0 Å². The van der Waals surface area contributed by atoms with Gasteiger partial charge in [0, 0.05) is 0 Å². The first kappa shape index (κ1) is 11.2. The Hall–Kier alpha value is 0.206. The van der Waals surface area contributed by atoms with Gasteiger partial charge in [-0.2, -0.15) is 0 Å². The van der Waals surface area contributed by atoms with Crippen molar-refractivity contribution in [2.24, 2.45) is 0 Å². The molecule has 0 heterocycles. The molecule has 0 aliphatic carbocycles. The number of rotatable bonds is 2. The van der Waals surface area contributed by atoms with Crippen LogP contribution in [0.4, 0.5) is 4.39 Å². The third-order valence-corrected chi connectivity index (χ3v) is 1.73. The maximum absolute atomic E-state index is 12.3. The second-order valence-corrected chi connectivity index (χ2v) is 2.94. The van der Waals surface area contributed by atoms with E-state index in [9.17, 15) is 4.39 Å². The summed E-state index contributed by atoms with van der Waals surface area (Å²) in [6.45, 7) is 0. The summed E-state index contributed by atoms with van der Waals surface area (Å²) in [6, 6.07) is 6.69. The molecule has 0 unspecified atom stereocenters. The minimum Gasteiger partial charge on any atom is -1.00 e. The van der Waals surface area contributed by atoms with Crippen molar-refractivity contribution in [3.05, 3.63) is 35.6 Å². The van der Waals surface area contributed by atoms with Crippen LogP contribution in [-0.2, 0) is 6.42 Å². The molecule has 0 spiro atoms. The summed E-state index contributed by atoms with van der Waals surface area (Å²) in [5, 5.41) is 0. The maximum Gasteiger partial charge on any atom is -1.00 e. The summed E-state index contributed by atoms with van der Waals surface area (Å²) in [7, 11) is 0. The topological polar surface area (TPSA) is 0 Å². The minimum absolute atomic E-state index is 0. The van der Waals surface area contributed by atoms with Crippen molar-refractivity contribution in [3.63, 3.8) is 0 Å². The van der Waals surface area contributed by atoms with Gasteiger partial charge < -0.3 is 12.4 Å². The van der Waals surface area contributed by atoms with Gasteiger partial charge in [-0.05, 0) is 0 Å². The van der Waals surface area contributed by atoms with Crippen LogP contribution in [0.25, 0.3) is 0 Å². The largest absolute Gasteiger partial charge is 1.00 e. The van der Waals surface area contributed by atoms with Crippen molar-refractivity contribution in [3.8, 4) is 0 Å². The summed E-state index contributed by atoms with van der Waals surface area (Å²) < 4.78 is 13.5.